The fraction of sp³-hybridized carbons (Fsp3) is 0.100. The van der Waals surface area contributed by atoms with Crippen LogP contribution in [0.5, 0.6) is 0 Å². The smallest absolute Gasteiger partial charge is 0.226 e. The highest BCUT2D eigenvalue weighted by Gasteiger charge is 2.08. The Kier molecular flexibility index (Phi) is 3.19. The number of nitrogens with one attached hydrogen (secondary N) is 2. The summed E-state index contributed by atoms with van der Waals surface area (Å²) >= 11 is 10.9. The number of thiophene rings is 1. The first-order valence-electron chi connectivity index (χ1n) is 5.07. The Hall–Kier alpha value is -1.18. The van der Waals surface area contributed by atoms with Crippen LogP contribution in [0.15, 0.2) is 22.2 Å². The maximum absolute atomic E-state index is 5.85. The van der Waals surface area contributed by atoms with E-state index in [4.69, 9.17) is 11.6 Å². The van der Waals surface area contributed by atoms with Gasteiger partial charge in [-0.15, -0.1) is 11.3 Å². The van der Waals surface area contributed by atoms with E-state index in [1.54, 1.807) is 17.7 Å². The molecule has 0 aliphatic heterocycles. The van der Waals surface area contributed by atoms with Gasteiger partial charge in [-0.25, -0.2) is 4.98 Å². The number of hydrogen-bond donors (Lipinski definition) is 2. The number of hydrogen-bond acceptors (Lipinski definition) is 5. The molecule has 0 saturated carbocycles. The number of aromatic amines is 1. The third kappa shape index (κ3) is 2.33. The molecule has 18 heavy (non-hydrogen) atoms. The van der Waals surface area contributed by atoms with Crippen molar-refractivity contribution < 1.29 is 0 Å². The van der Waals surface area contributed by atoms with Gasteiger partial charge in [0.1, 0.15) is 5.52 Å². The van der Waals surface area contributed by atoms with Crippen molar-refractivity contribution in [2.45, 2.75) is 6.54 Å². The van der Waals surface area contributed by atoms with Crippen molar-refractivity contribution in [3.63, 3.8) is 0 Å². The molecule has 0 fully saturated rings. The minimum atomic E-state index is 0.185. The quantitative estimate of drug-likeness (QED) is 0.714. The summed E-state index contributed by atoms with van der Waals surface area (Å²) in [6.07, 6.45) is 1.57. The fourth-order valence-electron chi connectivity index (χ4n) is 1.55. The summed E-state index contributed by atoms with van der Waals surface area (Å²) in [4.78, 5) is 16.4. The SMILES string of the molecule is Clc1nc(NCc2ccc(Br)s2)c2[nH]cnc2n1. The van der Waals surface area contributed by atoms with Crippen molar-refractivity contribution in [1.82, 2.24) is 19.9 Å². The van der Waals surface area contributed by atoms with Gasteiger partial charge in [-0.1, -0.05) is 0 Å². The minimum Gasteiger partial charge on any atom is -0.363 e. The van der Waals surface area contributed by atoms with Crippen LogP contribution < -0.4 is 5.32 Å². The minimum absolute atomic E-state index is 0.185. The zero-order valence-electron chi connectivity index (χ0n) is 8.94. The van der Waals surface area contributed by atoms with Gasteiger partial charge in [0, 0.05) is 4.88 Å². The van der Waals surface area contributed by atoms with E-state index in [9.17, 15) is 0 Å². The number of H-pyrrole nitrogens is 1. The topological polar surface area (TPSA) is 66.5 Å². The second-order valence-electron chi connectivity index (χ2n) is 3.50. The van der Waals surface area contributed by atoms with E-state index in [2.05, 4.69) is 47.2 Å². The molecule has 0 aliphatic rings. The van der Waals surface area contributed by atoms with E-state index in [-0.39, 0.29) is 5.28 Å². The predicted octanol–water partition coefficient (Wildman–Crippen LogP) is 3.44. The Balaban J connectivity index is 1.87. The highest BCUT2D eigenvalue weighted by atomic mass is 79.9. The molecule has 0 radical (unpaired) electrons. The number of rotatable bonds is 3. The van der Waals surface area contributed by atoms with Gasteiger partial charge in [-0.05, 0) is 39.7 Å². The van der Waals surface area contributed by atoms with E-state index in [0.717, 1.165) is 9.30 Å². The van der Waals surface area contributed by atoms with Crippen LogP contribution in [-0.4, -0.2) is 19.9 Å². The van der Waals surface area contributed by atoms with Gasteiger partial charge in [-0.3, -0.25) is 0 Å². The first kappa shape index (κ1) is 11.9. The summed E-state index contributed by atoms with van der Waals surface area (Å²) in [5.74, 6) is 0.659. The van der Waals surface area contributed by atoms with Crippen molar-refractivity contribution in [3.05, 3.63) is 32.4 Å². The lowest BCUT2D eigenvalue weighted by Crippen LogP contribution is -2.01. The molecule has 0 amide bonds. The average molecular weight is 345 g/mol. The van der Waals surface area contributed by atoms with Crippen LogP contribution in [0.4, 0.5) is 5.82 Å². The lowest BCUT2D eigenvalue weighted by molar-refractivity contribution is 1.12. The first-order valence-corrected chi connectivity index (χ1v) is 7.06. The number of fused-ring (bicyclic) bond motifs is 1. The molecule has 0 bridgehead atoms. The molecule has 3 heterocycles. The monoisotopic (exact) mass is 343 g/mol. The molecule has 0 saturated heterocycles. The van der Waals surface area contributed by atoms with E-state index in [1.165, 1.54) is 4.88 Å². The largest absolute Gasteiger partial charge is 0.363 e. The van der Waals surface area contributed by atoms with Crippen molar-refractivity contribution in [1.29, 1.82) is 0 Å². The van der Waals surface area contributed by atoms with Gasteiger partial charge in [0.15, 0.2) is 11.5 Å². The lowest BCUT2D eigenvalue weighted by Gasteiger charge is -2.04. The summed E-state index contributed by atoms with van der Waals surface area (Å²) in [5, 5.41) is 3.41. The second kappa shape index (κ2) is 4.83. The lowest BCUT2D eigenvalue weighted by atomic mass is 10.4. The molecule has 2 N–H and O–H groups in total. The van der Waals surface area contributed by atoms with Crippen LogP contribution in [0.2, 0.25) is 5.28 Å². The third-order valence-corrected chi connectivity index (χ3v) is 4.11. The van der Waals surface area contributed by atoms with Crippen LogP contribution >= 0.6 is 38.9 Å². The number of nitrogens with zero attached hydrogens (tertiary/aromatic N) is 3. The molecule has 92 valence electrons. The average Bonchev–Trinajstić information content (AvgIpc) is 2.94. The molecule has 0 spiro atoms. The zero-order valence-corrected chi connectivity index (χ0v) is 12.1. The zero-order chi connectivity index (χ0) is 12.5. The molecule has 0 aliphatic carbocycles. The van der Waals surface area contributed by atoms with Crippen molar-refractivity contribution in [3.8, 4) is 0 Å². The van der Waals surface area contributed by atoms with Gasteiger partial charge < -0.3 is 10.3 Å². The summed E-state index contributed by atoms with van der Waals surface area (Å²) in [7, 11) is 0. The molecule has 0 atom stereocenters. The highest BCUT2D eigenvalue weighted by Crippen LogP contribution is 2.24. The van der Waals surface area contributed by atoms with E-state index in [0.29, 0.717) is 18.0 Å². The highest BCUT2D eigenvalue weighted by molar-refractivity contribution is 9.11. The number of halogens is 2. The Morgan fingerprint density at radius 2 is 2.28 bits per heavy atom. The van der Waals surface area contributed by atoms with Crippen LogP contribution in [0.25, 0.3) is 11.2 Å². The van der Waals surface area contributed by atoms with Gasteiger partial charge in [0.25, 0.3) is 0 Å². The number of imidazole rings is 1. The van der Waals surface area contributed by atoms with Gasteiger partial charge >= 0.3 is 0 Å². The molecule has 8 heteroatoms. The molecule has 5 nitrogen and oxygen atoms in total. The Morgan fingerprint density at radius 3 is 3.06 bits per heavy atom. The molecular formula is C10H7BrClN5S. The van der Waals surface area contributed by atoms with Gasteiger partial charge in [0.05, 0.1) is 16.7 Å². The molecule has 3 rings (SSSR count). The van der Waals surface area contributed by atoms with Crippen LogP contribution in [0.3, 0.4) is 0 Å². The third-order valence-electron chi connectivity index (χ3n) is 2.32. The predicted molar refractivity (Wildman–Crippen MR) is 76.0 cm³/mol. The molecule has 3 aromatic rings. The standard InChI is InChI=1S/C10H7BrClN5S/c11-6-2-1-5(18-6)3-13-8-7-9(15-4-14-7)17-10(12)16-8/h1-2,4H,3H2,(H2,13,14,15,16,17). The number of aromatic nitrogens is 4. The van der Waals surface area contributed by atoms with Crippen LogP contribution in [0.1, 0.15) is 4.88 Å². The summed E-state index contributed by atoms with van der Waals surface area (Å²) < 4.78 is 1.10. The second-order valence-corrected chi connectivity index (χ2v) is 6.39. The van der Waals surface area contributed by atoms with E-state index in [1.807, 2.05) is 6.07 Å². The van der Waals surface area contributed by atoms with Crippen molar-refractivity contribution in [2.24, 2.45) is 0 Å². The summed E-state index contributed by atoms with van der Waals surface area (Å²) in [6, 6.07) is 4.06. The number of anilines is 1. The molecular weight excluding hydrogens is 338 g/mol. The maximum atomic E-state index is 5.85. The van der Waals surface area contributed by atoms with E-state index >= 15 is 0 Å². The van der Waals surface area contributed by atoms with E-state index < -0.39 is 0 Å². The maximum Gasteiger partial charge on any atom is 0.226 e. The van der Waals surface area contributed by atoms with Crippen LogP contribution in [0, 0.1) is 0 Å². The fourth-order valence-corrected chi connectivity index (χ4v) is 3.14. The Bertz CT molecular complexity index is 694. The first-order chi connectivity index (χ1) is 8.72. The van der Waals surface area contributed by atoms with Crippen molar-refractivity contribution in [2.75, 3.05) is 5.32 Å². The van der Waals surface area contributed by atoms with Gasteiger partial charge in [0.2, 0.25) is 5.28 Å². The molecule has 0 unspecified atom stereocenters. The Labute approximate surface area is 120 Å². The molecule has 0 aromatic carbocycles. The summed E-state index contributed by atoms with van der Waals surface area (Å²) in [5.41, 5.74) is 1.32. The molecule has 3 aromatic heterocycles. The normalized spacial score (nSPS) is 11.0. The Morgan fingerprint density at radius 1 is 1.39 bits per heavy atom. The van der Waals surface area contributed by atoms with Crippen LogP contribution in [-0.2, 0) is 6.54 Å². The summed E-state index contributed by atoms with van der Waals surface area (Å²) in [6.45, 7) is 0.678. The van der Waals surface area contributed by atoms with Crippen molar-refractivity contribution >= 4 is 55.8 Å². The van der Waals surface area contributed by atoms with Gasteiger partial charge in [-0.2, -0.15) is 9.97 Å².